The average molecular weight is 261 g/mol. The Labute approximate surface area is 114 Å². The molecule has 1 atom stereocenters. The number of rotatable bonds is 6. The first kappa shape index (κ1) is 14.0. The number of benzene rings is 1. The maximum Gasteiger partial charge on any atom is 0.140 e. The van der Waals surface area contributed by atoms with Crippen LogP contribution >= 0.6 is 0 Å². The molecule has 1 N–H and O–H groups in total. The summed E-state index contributed by atoms with van der Waals surface area (Å²) in [4.78, 5) is 2.40. The molecule has 1 aromatic carbocycles. The second kappa shape index (κ2) is 6.14. The van der Waals surface area contributed by atoms with Crippen LogP contribution in [0.5, 0.6) is 0 Å². The van der Waals surface area contributed by atoms with E-state index < -0.39 is 5.82 Å². The molecule has 1 unspecified atom stereocenters. The Bertz CT molecular complexity index is 477. The number of halogens is 1. The van der Waals surface area contributed by atoms with Crippen molar-refractivity contribution >= 4 is 0 Å². The zero-order valence-corrected chi connectivity index (χ0v) is 11.5. The number of hydrogen-bond donors (Lipinski definition) is 1. The van der Waals surface area contributed by atoms with Crippen molar-refractivity contribution in [1.29, 1.82) is 5.26 Å². The van der Waals surface area contributed by atoms with Crippen LogP contribution in [-0.2, 0) is 6.54 Å². The lowest BCUT2D eigenvalue weighted by molar-refractivity contribution is 0.241. The zero-order chi connectivity index (χ0) is 13.8. The van der Waals surface area contributed by atoms with Crippen molar-refractivity contribution in [2.75, 3.05) is 13.6 Å². The smallest absolute Gasteiger partial charge is 0.140 e. The molecule has 19 heavy (non-hydrogen) atoms. The van der Waals surface area contributed by atoms with E-state index in [-0.39, 0.29) is 5.56 Å². The lowest BCUT2D eigenvalue weighted by Crippen LogP contribution is -2.38. The number of nitrogens with one attached hydrogen (secondary N) is 1. The molecule has 0 aliphatic heterocycles. The largest absolute Gasteiger partial charge is 0.311 e. The third kappa shape index (κ3) is 3.76. The van der Waals surface area contributed by atoms with Crippen LogP contribution in [0.25, 0.3) is 0 Å². The van der Waals surface area contributed by atoms with Gasteiger partial charge >= 0.3 is 0 Å². The summed E-state index contributed by atoms with van der Waals surface area (Å²) in [6.45, 7) is 3.76. The first-order chi connectivity index (χ1) is 9.11. The Morgan fingerprint density at radius 1 is 1.53 bits per heavy atom. The summed E-state index contributed by atoms with van der Waals surface area (Å²) in [6, 6.07) is 7.80. The molecule has 1 aromatic rings. The van der Waals surface area contributed by atoms with Crippen LogP contribution in [0.3, 0.4) is 0 Å². The minimum atomic E-state index is -0.451. The van der Waals surface area contributed by atoms with E-state index in [4.69, 9.17) is 5.26 Å². The molecule has 0 spiro atoms. The third-order valence-electron chi connectivity index (χ3n) is 3.74. The molecule has 1 fully saturated rings. The Balaban J connectivity index is 1.80. The van der Waals surface area contributed by atoms with E-state index in [9.17, 15) is 4.39 Å². The van der Waals surface area contributed by atoms with Crippen LogP contribution in [-0.4, -0.2) is 30.6 Å². The summed E-state index contributed by atoms with van der Waals surface area (Å²) in [5.74, 6) is -0.451. The van der Waals surface area contributed by atoms with Crippen molar-refractivity contribution in [3.63, 3.8) is 0 Å². The average Bonchev–Trinajstić information content (AvgIpc) is 3.24. The summed E-state index contributed by atoms with van der Waals surface area (Å²) in [7, 11) is 2.16. The molecule has 4 heteroatoms. The number of hydrogen-bond acceptors (Lipinski definition) is 3. The van der Waals surface area contributed by atoms with Gasteiger partial charge in [-0.1, -0.05) is 6.07 Å². The van der Waals surface area contributed by atoms with E-state index in [1.807, 2.05) is 6.07 Å². The summed E-state index contributed by atoms with van der Waals surface area (Å²) in [5.41, 5.74) is 1.06. The van der Waals surface area contributed by atoms with Gasteiger partial charge in [0.1, 0.15) is 11.9 Å². The number of nitrogens with zero attached hydrogens (tertiary/aromatic N) is 2. The lowest BCUT2D eigenvalue weighted by atomic mass is 10.1. The number of likely N-dealkylation sites (N-methyl/N-ethyl adjacent to an activating group) is 1. The maximum absolute atomic E-state index is 13.2. The quantitative estimate of drug-likeness (QED) is 0.854. The van der Waals surface area contributed by atoms with Crippen LogP contribution < -0.4 is 5.32 Å². The molecule has 0 saturated heterocycles. The lowest BCUT2D eigenvalue weighted by Gasteiger charge is -2.24. The molecule has 0 aromatic heterocycles. The Morgan fingerprint density at radius 3 is 2.89 bits per heavy atom. The zero-order valence-electron chi connectivity index (χ0n) is 11.5. The molecule has 1 saturated carbocycles. The van der Waals surface area contributed by atoms with Gasteiger partial charge in [-0.25, -0.2) is 4.39 Å². The Morgan fingerprint density at radius 2 is 2.26 bits per heavy atom. The topological polar surface area (TPSA) is 39.1 Å². The summed E-state index contributed by atoms with van der Waals surface area (Å²) in [5, 5.41) is 12.1. The SMILES string of the molecule is CC(CNCc1ccc(F)c(C#N)c1)N(C)C1CC1. The van der Waals surface area contributed by atoms with Gasteiger partial charge < -0.3 is 5.32 Å². The van der Waals surface area contributed by atoms with Crippen LogP contribution in [0.1, 0.15) is 30.9 Å². The molecule has 0 radical (unpaired) electrons. The van der Waals surface area contributed by atoms with Crippen molar-refractivity contribution < 1.29 is 4.39 Å². The molecule has 2 rings (SSSR count). The van der Waals surface area contributed by atoms with Crippen molar-refractivity contribution in [2.45, 2.75) is 38.4 Å². The minimum absolute atomic E-state index is 0.113. The van der Waals surface area contributed by atoms with E-state index in [1.165, 1.54) is 18.9 Å². The van der Waals surface area contributed by atoms with Crippen molar-refractivity contribution in [3.05, 3.63) is 35.1 Å². The first-order valence-electron chi connectivity index (χ1n) is 6.73. The summed E-state index contributed by atoms with van der Waals surface area (Å²) < 4.78 is 13.2. The summed E-state index contributed by atoms with van der Waals surface area (Å²) in [6.07, 6.45) is 2.62. The first-order valence-corrected chi connectivity index (χ1v) is 6.73. The van der Waals surface area contributed by atoms with Crippen LogP contribution in [0.4, 0.5) is 4.39 Å². The van der Waals surface area contributed by atoms with Gasteiger partial charge in [0.25, 0.3) is 0 Å². The van der Waals surface area contributed by atoms with E-state index in [2.05, 4.69) is 24.2 Å². The second-order valence-electron chi connectivity index (χ2n) is 5.30. The van der Waals surface area contributed by atoms with E-state index >= 15 is 0 Å². The van der Waals surface area contributed by atoms with Crippen molar-refractivity contribution in [3.8, 4) is 6.07 Å². The molecule has 0 amide bonds. The third-order valence-corrected chi connectivity index (χ3v) is 3.74. The highest BCUT2D eigenvalue weighted by Crippen LogP contribution is 2.26. The van der Waals surface area contributed by atoms with Gasteiger partial charge in [-0.05, 0) is 44.5 Å². The van der Waals surface area contributed by atoms with Crippen LogP contribution in [0.15, 0.2) is 18.2 Å². The summed E-state index contributed by atoms with van der Waals surface area (Å²) >= 11 is 0. The van der Waals surface area contributed by atoms with Crippen LogP contribution in [0.2, 0.25) is 0 Å². The predicted molar refractivity (Wildman–Crippen MR) is 73.1 cm³/mol. The fourth-order valence-corrected chi connectivity index (χ4v) is 2.18. The monoisotopic (exact) mass is 261 g/mol. The molecular weight excluding hydrogens is 241 g/mol. The number of nitriles is 1. The standard InChI is InChI=1S/C15H20FN3/c1-11(19(2)14-4-5-14)9-18-10-12-3-6-15(16)13(7-12)8-17/h3,6-7,11,14,18H,4-5,9-10H2,1-2H3. The van der Waals surface area contributed by atoms with Gasteiger partial charge in [0.2, 0.25) is 0 Å². The van der Waals surface area contributed by atoms with Gasteiger partial charge in [0.15, 0.2) is 0 Å². The van der Waals surface area contributed by atoms with Gasteiger partial charge in [-0.3, -0.25) is 4.90 Å². The molecular formula is C15H20FN3. The highest BCUT2D eigenvalue weighted by atomic mass is 19.1. The van der Waals surface area contributed by atoms with Gasteiger partial charge in [0, 0.05) is 25.2 Å². The van der Waals surface area contributed by atoms with Crippen molar-refractivity contribution in [1.82, 2.24) is 10.2 Å². The fraction of sp³-hybridized carbons (Fsp3) is 0.533. The Hall–Kier alpha value is -1.44. The van der Waals surface area contributed by atoms with Crippen LogP contribution in [0, 0.1) is 17.1 Å². The van der Waals surface area contributed by atoms with Gasteiger partial charge in [0.05, 0.1) is 5.56 Å². The van der Waals surface area contributed by atoms with E-state index in [0.29, 0.717) is 12.6 Å². The van der Waals surface area contributed by atoms with Gasteiger partial charge in [-0.2, -0.15) is 5.26 Å². The molecule has 0 bridgehead atoms. The van der Waals surface area contributed by atoms with E-state index in [1.54, 1.807) is 12.1 Å². The van der Waals surface area contributed by atoms with E-state index in [0.717, 1.165) is 18.2 Å². The molecule has 102 valence electrons. The maximum atomic E-state index is 13.2. The predicted octanol–water partition coefficient (Wildman–Crippen LogP) is 2.27. The highest BCUT2D eigenvalue weighted by Gasteiger charge is 2.28. The minimum Gasteiger partial charge on any atom is -0.311 e. The van der Waals surface area contributed by atoms with Crippen molar-refractivity contribution in [2.24, 2.45) is 0 Å². The Kier molecular flexibility index (Phi) is 4.52. The van der Waals surface area contributed by atoms with Gasteiger partial charge in [-0.15, -0.1) is 0 Å². The second-order valence-corrected chi connectivity index (χ2v) is 5.30. The molecule has 1 aliphatic rings. The fourth-order valence-electron chi connectivity index (χ4n) is 2.18. The normalized spacial score (nSPS) is 16.4. The molecule has 1 aliphatic carbocycles. The highest BCUT2D eigenvalue weighted by molar-refractivity contribution is 5.34. The molecule has 0 heterocycles. The molecule has 3 nitrogen and oxygen atoms in total.